The van der Waals surface area contributed by atoms with E-state index in [0.717, 1.165) is 6.42 Å². The summed E-state index contributed by atoms with van der Waals surface area (Å²) < 4.78 is 39.7. The number of nitrogens with zero attached hydrogens (tertiary/aromatic N) is 1. The van der Waals surface area contributed by atoms with Crippen molar-refractivity contribution < 1.29 is 23.4 Å². The van der Waals surface area contributed by atoms with Crippen LogP contribution >= 0.6 is 0 Å². The van der Waals surface area contributed by atoms with E-state index in [-0.39, 0.29) is 16.9 Å². The van der Waals surface area contributed by atoms with Gasteiger partial charge in [-0.2, -0.15) is 13.2 Å². The summed E-state index contributed by atoms with van der Waals surface area (Å²) in [6.45, 7) is 0.174. The Morgan fingerprint density at radius 2 is 2.08 bits per heavy atom. The minimum absolute atomic E-state index is 0.0938. The lowest BCUT2D eigenvalue weighted by Crippen LogP contribution is -2.41. The summed E-state index contributed by atoms with van der Waals surface area (Å²) in [6.07, 6.45) is -4.17. The van der Waals surface area contributed by atoms with Gasteiger partial charge in [0.05, 0.1) is 24.3 Å². The lowest BCUT2D eigenvalue weighted by molar-refractivity contribution is -0.136. The molecule has 2 atom stereocenters. The molecule has 8 heteroatoms. The third-order valence-corrected chi connectivity index (χ3v) is 4.39. The number of aliphatic hydroxyl groups excluding tert-OH is 2. The van der Waals surface area contributed by atoms with E-state index in [2.05, 4.69) is 4.98 Å². The van der Waals surface area contributed by atoms with Crippen LogP contribution in [-0.4, -0.2) is 40.5 Å². The second-order valence-corrected chi connectivity index (χ2v) is 5.93. The molecule has 0 radical (unpaired) electrons. The first-order valence-corrected chi connectivity index (χ1v) is 7.61. The Kier molecular flexibility index (Phi) is 4.27. The lowest BCUT2D eigenvalue weighted by Gasteiger charge is -2.30. The summed E-state index contributed by atoms with van der Waals surface area (Å²) >= 11 is 0. The zero-order valence-electron chi connectivity index (χ0n) is 12.7. The van der Waals surface area contributed by atoms with Crippen LogP contribution in [0.5, 0.6) is 0 Å². The van der Waals surface area contributed by atoms with Gasteiger partial charge in [-0.3, -0.25) is 4.79 Å². The van der Waals surface area contributed by atoms with Crippen LogP contribution in [0.25, 0.3) is 10.9 Å². The average molecular weight is 342 g/mol. The quantitative estimate of drug-likeness (QED) is 0.796. The molecule has 1 aromatic carbocycles. The van der Waals surface area contributed by atoms with Crippen molar-refractivity contribution >= 4 is 16.6 Å². The molecule has 0 saturated carbocycles. The Bertz CT molecular complexity index is 803. The van der Waals surface area contributed by atoms with Crippen molar-refractivity contribution in [3.8, 4) is 0 Å². The molecule has 0 spiro atoms. The molecule has 0 unspecified atom stereocenters. The number of aromatic amines is 1. The molecular weight excluding hydrogens is 325 g/mol. The summed E-state index contributed by atoms with van der Waals surface area (Å²) in [5.74, 6) is 0. The number of alkyl halides is 3. The molecular formula is C16H17F3N2O3. The molecule has 1 aromatic heterocycles. The fraction of sp³-hybridized carbons (Fsp3) is 0.438. The maximum Gasteiger partial charge on any atom is 0.417 e. The third-order valence-electron chi connectivity index (χ3n) is 4.39. The number of fused-ring (bicyclic) bond motifs is 1. The number of pyridine rings is 1. The highest BCUT2D eigenvalue weighted by molar-refractivity contribution is 5.86. The van der Waals surface area contributed by atoms with Crippen molar-refractivity contribution in [2.75, 3.05) is 18.1 Å². The van der Waals surface area contributed by atoms with Crippen LogP contribution in [0.2, 0.25) is 0 Å². The van der Waals surface area contributed by atoms with Crippen molar-refractivity contribution in [2.24, 2.45) is 0 Å². The van der Waals surface area contributed by atoms with Crippen LogP contribution in [0, 0.1) is 0 Å². The predicted molar refractivity (Wildman–Crippen MR) is 83.0 cm³/mol. The minimum atomic E-state index is -4.64. The highest BCUT2D eigenvalue weighted by atomic mass is 19.4. The number of hydrogen-bond acceptors (Lipinski definition) is 4. The van der Waals surface area contributed by atoms with E-state index >= 15 is 0 Å². The summed E-state index contributed by atoms with van der Waals surface area (Å²) in [4.78, 5) is 15.6. The van der Waals surface area contributed by atoms with E-state index in [1.54, 1.807) is 11.0 Å². The number of benzene rings is 1. The molecule has 0 aliphatic carbocycles. The summed E-state index contributed by atoms with van der Waals surface area (Å²) in [7, 11) is 0. The molecule has 0 bridgehead atoms. The minimum Gasteiger partial charge on any atom is -0.394 e. The van der Waals surface area contributed by atoms with Crippen LogP contribution in [-0.2, 0) is 6.18 Å². The Balaban J connectivity index is 2.11. The second-order valence-electron chi connectivity index (χ2n) is 5.93. The van der Waals surface area contributed by atoms with Crippen molar-refractivity contribution in [1.82, 2.24) is 4.98 Å². The van der Waals surface area contributed by atoms with Gasteiger partial charge in [-0.25, -0.2) is 0 Å². The van der Waals surface area contributed by atoms with E-state index in [4.69, 9.17) is 5.11 Å². The number of H-pyrrole nitrogens is 1. The topological polar surface area (TPSA) is 76.6 Å². The highest BCUT2D eigenvalue weighted by Crippen LogP contribution is 2.36. The molecule has 2 aromatic rings. The van der Waals surface area contributed by atoms with E-state index in [9.17, 15) is 23.1 Å². The van der Waals surface area contributed by atoms with E-state index in [1.165, 1.54) is 12.1 Å². The molecule has 5 nitrogen and oxygen atoms in total. The number of aliphatic hydroxyl groups is 2. The number of nitrogens with one attached hydrogen (secondary N) is 1. The number of anilines is 1. The van der Waals surface area contributed by atoms with Crippen molar-refractivity contribution in [1.29, 1.82) is 0 Å². The van der Waals surface area contributed by atoms with Crippen molar-refractivity contribution in [3.63, 3.8) is 0 Å². The van der Waals surface area contributed by atoms with Crippen LogP contribution < -0.4 is 10.5 Å². The first-order valence-electron chi connectivity index (χ1n) is 7.61. The summed E-state index contributed by atoms with van der Waals surface area (Å²) in [5.41, 5.74) is -1.16. The maximum atomic E-state index is 13.2. The molecule has 1 saturated heterocycles. The standard InChI is InChI=1S/C16H17F3N2O3/c17-16(18,19)11-7-15(24)20-12-4-3-9(6-10(11)12)21-5-1-2-13(21)14(23)8-22/h3-4,6-7,13-14,22-23H,1-2,5,8H2,(H,20,24)/t13-,14-/m1/s1. The third kappa shape index (κ3) is 2.99. The fourth-order valence-electron chi connectivity index (χ4n) is 3.29. The van der Waals surface area contributed by atoms with Gasteiger partial charge in [0.1, 0.15) is 0 Å². The molecule has 1 aliphatic heterocycles. The van der Waals surface area contributed by atoms with Crippen LogP contribution in [0.1, 0.15) is 18.4 Å². The van der Waals surface area contributed by atoms with Gasteiger partial charge in [0.2, 0.25) is 5.56 Å². The summed E-state index contributed by atoms with van der Waals surface area (Å²) in [5, 5.41) is 19.0. The predicted octanol–water partition coefficient (Wildman–Crippen LogP) is 1.87. The largest absolute Gasteiger partial charge is 0.417 e. The number of halogens is 3. The monoisotopic (exact) mass is 342 g/mol. The molecule has 0 amide bonds. The van der Waals surface area contributed by atoms with Crippen LogP contribution in [0.3, 0.4) is 0 Å². The molecule has 3 rings (SSSR count). The first kappa shape index (κ1) is 16.8. The fourth-order valence-corrected chi connectivity index (χ4v) is 3.29. The van der Waals surface area contributed by atoms with Crippen LogP contribution in [0.15, 0.2) is 29.1 Å². The maximum absolute atomic E-state index is 13.2. The SMILES string of the molecule is O=c1cc(C(F)(F)F)c2cc(N3CCC[C@@H]3[C@H](O)CO)ccc2[nH]1. The molecule has 3 N–H and O–H groups in total. The smallest absolute Gasteiger partial charge is 0.394 e. The van der Waals surface area contributed by atoms with Gasteiger partial charge >= 0.3 is 6.18 Å². The van der Waals surface area contributed by atoms with Crippen molar-refractivity contribution in [3.05, 3.63) is 40.2 Å². The van der Waals surface area contributed by atoms with Gasteiger partial charge in [-0.05, 0) is 31.0 Å². The van der Waals surface area contributed by atoms with Gasteiger partial charge < -0.3 is 20.1 Å². The van der Waals surface area contributed by atoms with Gasteiger partial charge in [0.15, 0.2) is 0 Å². The first-order chi connectivity index (χ1) is 11.3. The van der Waals surface area contributed by atoms with E-state index in [1.807, 2.05) is 0 Å². The van der Waals surface area contributed by atoms with Gasteiger partial charge in [-0.1, -0.05) is 0 Å². The molecule has 130 valence electrons. The normalized spacial score (nSPS) is 19.9. The number of rotatable bonds is 3. The number of aromatic nitrogens is 1. The molecule has 1 aliphatic rings. The highest BCUT2D eigenvalue weighted by Gasteiger charge is 2.34. The Morgan fingerprint density at radius 3 is 2.75 bits per heavy atom. The molecule has 1 fully saturated rings. The molecule has 24 heavy (non-hydrogen) atoms. The van der Waals surface area contributed by atoms with Gasteiger partial charge in [-0.15, -0.1) is 0 Å². The van der Waals surface area contributed by atoms with E-state index in [0.29, 0.717) is 24.7 Å². The number of hydrogen-bond donors (Lipinski definition) is 3. The average Bonchev–Trinajstić information content (AvgIpc) is 3.01. The van der Waals surface area contributed by atoms with Gasteiger partial charge in [0.25, 0.3) is 0 Å². The zero-order chi connectivity index (χ0) is 17.5. The Morgan fingerprint density at radius 1 is 1.33 bits per heavy atom. The Hall–Kier alpha value is -2.06. The van der Waals surface area contributed by atoms with E-state index < -0.39 is 30.0 Å². The second kappa shape index (κ2) is 6.10. The molecule has 2 heterocycles. The van der Waals surface area contributed by atoms with Crippen LogP contribution in [0.4, 0.5) is 18.9 Å². The zero-order valence-corrected chi connectivity index (χ0v) is 12.7. The van der Waals surface area contributed by atoms with Gasteiger partial charge in [0, 0.05) is 29.2 Å². The van der Waals surface area contributed by atoms with Crippen molar-refractivity contribution in [2.45, 2.75) is 31.2 Å². The Labute approximate surface area is 135 Å². The summed E-state index contributed by atoms with van der Waals surface area (Å²) in [6, 6.07) is 4.62. The lowest BCUT2D eigenvalue weighted by atomic mass is 10.1.